The minimum absolute atomic E-state index is 0.0710. The van der Waals surface area contributed by atoms with Crippen molar-refractivity contribution in [1.29, 1.82) is 0 Å². The molecule has 0 heterocycles. The number of carbonyl (C=O) groups excluding carboxylic acids is 1. The lowest BCUT2D eigenvalue weighted by Gasteiger charge is -2.18. The molecule has 0 spiro atoms. The zero-order chi connectivity index (χ0) is 18.9. The van der Waals surface area contributed by atoms with Gasteiger partial charge in [0, 0.05) is 6.42 Å². The molecule has 0 bridgehead atoms. The molecule has 0 unspecified atom stereocenters. The van der Waals surface area contributed by atoms with Gasteiger partial charge in [-0.05, 0) is 48.4 Å². The quantitative estimate of drug-likeness (QED) is 0.503. The zero-order valence-corrected chi connectivity index (χ0v) is 15.5. The van der Waals surface area contributed by atoms with Gasteiger partial charge in [0.15, 0.2) is 23.0 Å². The molecule has 0 aliphatic carbocycles. The summed E-state index contributed by atoms with van der Waals surface area (Å²) in [6, 6.07) is 11.4. The van der Waals surface area contributed by atoms with Crippen LogP contribution in [0.25, 0.3) is 6.08 Å². The number of benzene rings is 2. The predicted octanol–water partition coefficient (Wildman–Crippen LogP) is 3.93. The molecular formula is C21H24O5. The van der Waals surface area contributed by atoms with Gasteiger partial charge in [0.1, 0.15) is 12.4 Å². The molecule has 5 nitrogen and oxygen atoms in total. The second-order valence-corrected chi connectivity index (χ2v) is 5.73. The summed E-state index contributed by atoms with van der Waals surface area (Å²) in [5, 5.41) is 0. The van der Waals surface area contributed by atoms with Crippen LogP contribution in [0.5, 0.6) is 23.0 Å². The van der Waals surface area contributed by atoms with Crippen LogP contribution in [0, 0.1) is 0 Å². The number of aldehydes is 1. The fourth-order valence-corrected chi connectivity index (χ4v) is 2.63. The average molecular weight is 356 g/mol. The molecule has 2 aromatic carbocycles. The van der Waals surface area contributed by atoms with Crippen LogP contribution >= 0.6 is 0 Å². The van der Waals surface area contributed by atoms with Crippen LogP contribution in [0.4, 0.5) is 0 Å². The molecule has 0 N–H and O–H groups in total. The van der Waals surface area contributed by atoms with E-state index < -0.39 is 0 Å². The number of rotatable bonds is 9. The van der Waals surface area contributed by atoms with E-state index in [-0.39, 0.29) is 6.10 Å². The van der Waals surface area contributed by atoms with Crippen molar-refractivity contribution in [2.45, 2.75) is 19.4 Å². The molecule has 0 amide bonds. The molecule has 0 aliphatic heterocycles. The molecule has 0 radical (unpaired) electrons. The van der Waals surface area contributed by atoms with E-state index in [0.717, 1.165) is 17.4 Å². The predicted molar refractivity (Wildman–Crippen MR) is 101 cm³/mol. The first kappa shape index (κ1) is 19.4. The summed E-state index contributed by atoms with van der Waals surface area (Å²) < 4.78 is 22.0. The zero-order valence-electron chi connectivity index (χ0n) is 15.5. The standard InChI is InChI=1S/C21H24O5/c1-15(12-17-8-9-18(23-2)20(14-17)24-3)26-19-10-7-16(6-5-11-22)13-21(19)25-4/h5-11,13-15H,12H2,1-4H3/b6-5+/t15-/m0/s1. The fraction of sp³-hybridized carbons (Fsp3) is 0.286. The Kier molecular flexibility index (Phi) is 7.09. The summed E-state index contributed by atoms with van der Waals surface area (Å²) in [5.74, 6) is 2.67. The van der Waals surface area contributed by atoms with E-state index in [4.69, 9.17) is 18.9 Å². The van der Waals surface area contributed by atoms with E-state index in [9.17, 15) is 4.79 Å². The number of methoxy groups -OCH3 is 3. The van der Waals surface area contributed by atoms with Crippen LogP contribution in [-0.2, 0) is 11.2 Å². The van der Waals surface area contributed by atoms with Crippen LogP contribution < -0.4 is 18.9 Å². The van der Waals surface area contributed by atoms with Crippen molar-refractivity contribution in [1.82, 2.24) is 0 Å². The number of allylic oxidation sites excluding steroid dienone is 1. The molecule has 2 rings (SSSR count). The Hall–Kier alpha value is -2.95. The van der Waals surface area contributed by atoms with Gasteiger partial charge in [-0.1, -0.05) is 18.2 Å². The maximum atomic E-state index is 10.4. The highest BCUT2D eigenvalue weighted by atomic mass is 16.5. The van der Waals surface area contributed by atoms with Crippen molar-refractivity contribution in [2.75, 3.05) is 21.3 Å². The molecule has 0 fully saturated rings. The van der Waals surface area contributed by atoms with Crippen LogP contribution in [0.1, 0.15) is 18.1 Å². The minimum Gasteiger partial charge on any atom is -0.493 e. The summed E-state index contributed by atoms with van der Waals surface area (Å²) in [7, 11) is 4.82. The lowest BCUT2D eigenvalue weighted by atomic mass is 10.1. The molecule has 5 heteroatoms. The Bertz CT molecular complexity index is 767. The summed E-state index contributed by atoms with van der Waals surface area (Å²) in [4.78, 5) is 10.4. The minimum atomic E-state index is -0.0710. The third-order valence-electron chi connectivity index (χ3n) is 3.85. The Morgan fingerprint density at radius 2 is 1.54 bits per heavy atom. The third kappa shape index (κ3) is 5.02. The van der Waals surface area contributed by atoms with Crippen molar-refractivity contribution in [3.63, 3.8) is 0 Å². The van der Waals surface area contributed by atoms with E-state index in [0.29, 0.717) is 29.4 Å². The van der Waals surface area contributed by atoms with Crippen LogP contribution in [0.3, 0.4) is 0 Å². The maximum Gasteiger partial charge on any atom is 0.161 e. The van der Waals surface area contributed by atoms with Crippen LogP contribution in [0.15, 0.2) is 42.5 Å². The first-order valence-electron chi connectivity index (χ1n) is 8.28. The average Bonchev–Trinajstić information content (AvgIpc) is 2.66. The molecule has 26 heavy (non-hydrogen) atoms. The molecule has 1 atom stereocenters. The van der Waals surface area contributed by atoms with Gasteiger partial charge in [-0.3, -0.25) is 4.79 Å². The molecule has 138 valence electrons. The number of ether oxygens (including phenoxy) is 4. The van der Waals surface area contributed by atoms with E-state index in [1.807, 2.05) is 43.3 Å². The molecule has 0 aromatic heterocycles. The highest BCUT2D eigenvalue weighted by Gasteiger charge is 2.12. The van der Waals surface area contributed by atoms with E-state index in [2.05, 4.69) is 0 Å². The summed E-state index contributed by atoms with van der Waals surface area (Å²) in [6.07, 6.45) is 4.53. The summed E-state index contributed by atoms with van der Waals surface area (Å²) in [6.45, 7) is 2.00. The largest absolute Gasteiger partial charge is 0.493 e. The Balaban J connectivity index is 2.10. The van der Waals surface area contributed by atoms with E-state index in [1.165, 1.54) is 6.08 Å². The normalized spacial score (nSPS) is 11.8. The van der Waals surface area contributed by atoms with Gasteiger partial charge in [-0.15, -0.1) is 0 Å². The third-order valence-corrected chi connectivity index (χ3v) is 3.85. The lowest BCUT2D eigenvalue weighted by molar-refractivity contribution is -0.104. The monoisotopic (exact) mass is 356 g/mol. The van der Waals surface area contributed by atoms with Crippen LogP contribution in [-0.4, -0.2) is 33.7 Å². The van der Waals surface area contributed by atoms with Gasteiger partial charge in [0.05, 0.1) is 21.3 Å². The second kappa shape index (κ2) is 9.51. The van der Waals surface area contributed by atoms with Gasteiger partial charge in [0.2, 0.25) is 0 Å². The first-order chi connectivity index (χ1) is 12.6. The Labute approximate surface area is 154 Å². The fourth-order valence-electron chi connectivity index (χ4n) is 2.63. The molecule has 2 aromatic rings. The first-order valence-corrected chi connectivity index (χ1v) is 8.28. The molecule has 0 aliphatic rings. The number of carbonyl (C=O) groups is 1. The second-order valence-electron chi connectivity index (χ2n) is 5.73. The smallest absolute Gasteiger partial charge is 0.161 e. The molecular weight excluding hydrogens is 332 g/mol. The van der Waals surface area contributed by atoms with Crippen molar-refractivity contribution in [3.05, 3.63) is 53.6 Å². The van der Waals surface area contributed by atoms with Gasteiger partial charge >= 0.3 is 0 Å². The highest BCUT2D eigenvalue weighted by molar-refractivity contribution is 5.74. The van der Waals surface area contributed by atoms with Crippen molar-refractivity contribution in [2.24, 2.45) is 0 Å². The number of hydrogen-bond donors (Lipinski definition) is 0. The molecule has 0 saturated heterocycles. The van der Waals surface area contributed by atoms with Crippen LogP contribution in [0.2, 0.25) is 0 Å². The van der Waals surface area contributed by atoms with Gasteiger partial charge in [-0.2, -0.15) is 0 Å². The van der Waals surface area contributed by atoms with E-state index in [1.54, 1.807) is 27.4 Å². The van der Waals surface area contributed by atoms with Gasteiger partial charge in [0.25, 0.3) is 0 Å². The summed E-state index contributed by atoms with van der Waals surface area (Å²) >= 11 is 0. The highest BCUT2D eigenvalue weighted by Crippen LogP contribution is 2.31. The van der Waals surface area contributed by atoms with Gasteiger partial charge < -0.3 is 18.9 Å². The van der Waals surface area contributed by atoms with Crippen molar-refractivity contribution < 1.29 is 23.7 Å². The van der Waals surface area contributed by atoms with Crippen molar-refractivity contribution in [3.8, 4) is 23.0 Å². The molecule has 0 saturated carbocycles. The summed E-state index contributed by atoms with van der Waals surface area (Å²) in [5.41, 5.74) is 1.95. The van der Waals surface area contributed by atoms with E-state index >= 15 is 0 Å². The number of hydrogen-bond acceptors (Lipinski definition) is 5. The Morgan fingerprint density at radius 1 is 0.885 bits per heavy atom. The topological polar surface area (TPSA) is 54.0 Å². The SMILES string of the molecule is COc1ccc(C[C@H](C)Oc2ccc(/C=C/C=O)cc2OC)cc1OC. The Morgan fingerprint density at radius 3 is 2.19 bits per heavy atom. The lowest BCUT2D eigenvalue weighted by Crippen LogP contribution is -2.15. The van der Waals surface area contributed by atoms with Crippen molar-refractivity contribution >= 4 is 12.4 Å². The maximum absolute atomic E-state index is 10.4. The van der Waals surface area contributed by atoms with Gasteiger partial charge in [-0.25, -0.2) is 0 Å².